The van der Waals surface area contributed by atoms with Gasteiger partial charge >= 0.3 is 0 Å². The minimum absolute atomic E-state index is 0.773. The van der Waals surface area contributed by atoms with Gasteiger partial charge in [0, 0.05) is 20.2 Å². The Hall–Kier alpha value is -1.85. The Kier molecular flexibility index (Phi) is 1.95. The number of hydrogen-bond acceptors (Lipinski definition) is 2. The third kappa shape index (κ3) is 1.22. The second-order valence-electron chi connectivity index (χ2n) is 3.89. The second-order valence-corrected chi connectivity index (χ2v) is 4.98. The Labute approximate surface area is 97.6 Å². The van der Waals surface area contributed by atoms with E-state index in [1.807, 2.05) is 12.1 Å². The highest BCUT2D eigenvalue weighted by Crippen LogP contribution is 2.35. The van der Waals surface area contributed by atoms with Gasteiger partial charge in [0.25, 0.3) is 0 Å². The smallest absolute Gasteiger partial charge is 0.0998 e. The predicted molar refractivity (Wildman–Crippen MR) is 68.8 cm³/mol. The first kappa shape index (κ1) is 9.38. The van der Waals surface area contributed by atoms with Gasteiger partial charge in [0.15, 0.2) is 0 Å². The quantitative estimate of drug-likeness (QED) is 0.559. The van der Waals surface area contributed by atoms with Gasteiger partial charge < -0.3 is 0 Å². The highest BCUT2D eigenvalue weighted by Gasteiger charge is 2.08. The number of benzene rings is 2. The molecule has 2 heteroatoms. The molecule has 0 saturated carbocycles. The maximum atomic E-state index is 9.14. The van der Waals surface area contributed by atoms with Crippen LogP contribution in [0.2, 0.25) is 0 Å². The number of nitrogens with zero attached hydrogens (tertiary/aromatic N) is 1. The third-order valence-corrected chi connectivity index (χ3v) is 3.91. The lowest BCUT2D eigenvalue weighted by Gasteiger charge is -1.95. The second kappa shape index (κ2) is 3.33. The van der Waals surface area contributed by atoms with Crippen molar-refractivity contribution in [2.75, 3.05) is 0 Å². The topological polar surface area (TPSA) is 23.8 Å². The lowest BCUT2D eigenvalue weighted by molar-refractivity contribution is 1.50. The van der Waals surface area contributed by atoms with Crippen LogP contribution < -0.4 is 0 Å². The van der Waals surface area contributed by atoms with Crippen LogP contribution in [0.25, 0.3) is 20.2 Å². The average molecular weight is 223 g/mol. The van der Waals surface area contributed by atoms with Crippen molar-refractivity contribution >= 4 is 31.5 Å². The van der Waals surface area contributed by atoms with Crippen molar-refractivity contribution in [2.24, 2.45) is 0 Å². The molecule has 1 heterocycles. The first-order valence-electron chi connectivity index (χ1n) is 5.11. The van der Waals surface area contributed by atoms with Gasteiger partial charge in [-0.2, -0.15) is 5.26 Å². The van der Waals surface area contributed by atoms with E-state index in [1.54, 1.807) is 11.3 Å². The summed E-state index contributed by atoms with van der Waals surface area (Å²) in [5.41, 5.74) is 2.01. The molecule has 0 unspecified atom stereocenters. The molecule has 0 N–H and O–H groups in total. The van der Waals surface area contributed by atoms with E-state index in [9.17, 15) is 0 Å². The Morgan fingerprint density at radius 3 is 2.81 bits per heavy atom. The van der Waals surface area contributed by atoms with Crippen molar-refractivity contribution in [3.8, 4) is 6.07 Å². The molecule has 0 aliphatic carbocycles. The zero-order chi connectivity index (χ0) is 11.1. The largest absolute Gasteiger partial charge is 0.192 e. The molecular formula is C14H9NS. The summed E-state index contributed by atoms with van der Waals surface area (Å²) in [7, 11) is 0. The van der Waals surface area contributed by atoms with Gasteiger partial charge in [0.1, 0.15) is 0 Å². The fourth-order valence-corrected chi connectivity index (χ4v) is 3.15. The first-order valence-corrected chi connectivity index (χ1v) is 5.93. The molecule has 0 bridgehead atoms. The monoisotopic (exact) mass is 223 g/mol. The molecule has 16 heavy (non-hydrogen) atoms. The van der Waals surface area contributed by atoms with Crippen LogP contribution >= 0.6 is 11.3 Å². The summed E-state index contributed by atoms with van der Waals surface area (Å²) in [6.07, 6.45) is 0. The molecule has 3 aromatic rings. The van der Waals surface area contributed by atoms with Crippen LogP contribution in [0, 0.1) is 18.3 Å². The van der Waals surface area contributed by atoms with E-state index in [0.717, 1.165) is 10.9 Å². The molecule has 1 aromatic heterocycles. The number of hydrogen-bond donors (Lipinski definition) is 0. The van der Waals surface area contributed by atoms with Gasteiger partial charge in [0.2, 0.25) is 0 Å². The summed E-state index contributed by atoms with van der Waals surface area (Å²) in [5.74, 6) is 0. The van der Waals surface area contributed by atoms with Gasteiger partial charge in [0.05, 0.1) is 11.6 Å². The van der Waals surface area contributed by atoms with Gasteiger partial charge in [-0.1, -0.05) is 17.7 Å². The van der Waals surface area contributed by atoms with Crippen molar-refractivity contribution in [1.82, 2.24) is 0 Å². The zero-order valence-electron chi connectivity index (χ0n) is 8.82. The lowest BCUT2D eigenvalue weighted by Crippen LogP contribution is -1.76. The van der Waals surface area contributed by atoms with Crippen molar-refractivity contribution in [3.05, 3.63) is 47.5 Å². The Bertz CT molecular complexity index is 731. The van der Waals surface area contributed by atoms with E-state index < -0.39 is 0 Å². The van der Waals surface area contributed by atoms with Gasteiger partial charge in [-0.25, -0.2) is 0 Å². The van der Waals surface area contributed by atoms with Crippen molar-refractivity contribution in [2.45, 2.75) is 6.92 Å². The van der Waals surface area contributed by atoms with Crippen LogP contribution in [-0.2, 0) is 0 Å². The maximum absolute atomic E-state index is 9.14. The highest BCUT2D eigenvalue weighted by molar-refractivity contribution is 7.25. The molecule has 0 fully saturated rings. The molecule has 0 aliphatic heterocycles. The van der Waals surface area contributed by atoms with E-state index in [0.29, 0.717) is 0 Å². The van der Waals surface area contributed by atoms with Gasteiger partial charge in [-0.3, -0.25) is 0 Å². The molecule has 0 spiro atoms. The molecule has 1 nitrogen and oxygen atoms in total. The summed E-state index contributed by atoms with van der Waals surface area (Å²) in [4.78, 5) is 0. The molecule has 3 rings (SSSR count). The van der Waals surface area contributed by atoms with Crippen molar-refractivity contribution in [3.63, 3.8) is 0 Å². The highest BCUT2D eigenvalue weighted by atomic mass is 32.1. The number of rotatable bonds is 0. The van der Waals surface area contributed by atoms with E-state index in [2.05, 4.69) is 37.3 Å². The van der Waals surface area contributed by atoms with Crippen LogP contribution in [-0.4, -0.2) is 0 Å². The lowest BCUT2D eigenvalue weighted by atomic mass is 10.1. The van der Waals surface area contributed by atoms with E-state index in [-0.39, 0.29) is 0 Å². The number of nitriles is 1. The molecular weight excluding hydrogens is 214 g/mol. The standard InChI is InChI=1S/C14H9NS/c1-9-5-6-12-11(7-9)14-10(8-15)3-2-4-13(14)16-12/h2-7H,1H3. The molecule has 76 valence electrons. The molecule has 0 amide bonds. The minimum Gasteiger partial charge on any atom is -0.192 e. The van der Waals surface area contributed by atoms with Crippen molar-refractivity contribution in [1.29, 1.82) is 5.26 Å². The van der Waals surface area contributed by atoms with Gasteiger partial charge in [-0.05, 0) is 31.2 Å². The van der Waals surface area contributed by atoms with Crippen LogP contribution in [0.5, 0.6) is 0 Å². The fraction of sp³-hybridized carbons (Fsp3) is 0.0714. The maximum Gasteiger partial charge on any atom is 0.0998 e. The van der Waals surface area contributed by atoms with Crippen molar-refractivity contribution < 1.29 is 0 Å². The van der Waals surface area contributed by atoms with Crippen LogP contribution in [0.3, 0.4) is 0 Å². The summed E-state index contributed by atoms with van der Waals surface area (Å²) in [6, 6.07) is 14.6. The molecule has 0 radical (unpaired) electrons. The summed E-state index contributed by atoms with van der Waals surface area (Å²) < 4.78 is 2.45. The fourth-order valence-electron chi connectivity index (χ4n) is 2.03. The Balaban J connectivity index is 2.61. The Morgan fingerprint density at radius 2 is 2.00 bits per heavy atom. The molecule has 0 atom stereocenters. The predicted octanol–water partition coefficient (Wildman–Crippen LogP) is 4.23. The third-order valence-electron chi connectivity index (χ3n) is 2.77. The average Bonchev–Trinajstić information content (AvgIpc) is 2.66. The molecule has 0 saturated heterocycles. The SMILES string of the molecule is Cc1ccc2sc3cccc(C#N)c3c2c1. The summed E-state index contributed by atoms with van der Waals surface area (Å²) in [6.45, 7) is 2.08. The van der Waals surface area contributed by atoms with E-state index in [1.165, 1.54) is 20.3 Å². The number of aryl methyl sites for hydroxylation is 1. The normalized spacial score (nSPS) is 10.8. The summed E-state index contributed by atoms with van der Waals surface area (Å²) >= 11 is 1.75. The van der Waals surface area contributed by atoms with E-state index in [4.69, 9.17) is 5.26 Å². The molecule has 2 aromatic carbocycles. The minimum atomic E-state index is 0.773. The van der Waals surface area contributed by atoms with Gasteiger partial charge in [-0.15, -0.1) is 11.3 Å². The van der Waals surface area contributed by atoms with Crippen LogP contribution in [0.15, 0.2) is 36.4 Å². The molecule has 0 aliphatic rings. The van der Waals surface area contributed by atoms with Crippen LogP contribution in [0.4, 0.5) is 0 Å². The summed E-state index contributed by atoms with van der Waals surface area (Å²) in [5, 5.41) is 11.4. The van der Waals surface area contributed by atoms with Crippen LogP contribution in [0.1, 0.15) is 11.1 Å². The number of thiophene rings is 1. The number of fused-ring (bicyclic) bond motifs is 3. The van der Waals surface area contributed by atoms with E-state index >= 15 is 0 Å². The first-order chi connectivity index (χ1) is 7.79. The zero-order valence-corrected chi connectivity index (χ0v) is 9.64. The Morgan fingerprint density at radius 1 is 1.12 bits per heavy atom.